The maximum Gasteiger partial charge on any atom is 0.530 e. The van der Waals surface area contributed by atoms with Gasteiger partial charge in [0.1, 0.15) is 11.6 Å². The van der Waals surface area contributed by atoms with Crippen LogP contribution in [0.25, 0.3) is 22.2 Å². The number of phosphoric ester groups is 2. The standard InChI is InChI=1S/C32H46FNO9P2/c1-6-10-19-38-44(35,39-20-11-7-2)42-30-24-28(25-15-14-16-26(33)23-25)34-27-17-18-29(37-5)32(31(27)30)43-45(36,40-21-12-8-3)41-22-13-9-4/h14-18,23-24H,6-13,19-22H2,1-5H3. The lowest BCUT2D eigenvalue weighted by Gasteiger charge is -2.23. The number of nitrogens with zero attached hydrogens (tertiary/aromatic N) is 1. The van der Waals surface area contributed by atoms with Crippen molar-refractivity contribution >= 4 is 26.5 Å². The zero-order valence-electron chi connectivity index (χ0n) is 26.9. The van der Waals surface area contributed by atoms with Gasteiger partial charge in [-0.25, -0.2) is 18.5 Å². The predicted molar refractivity (Wildman–Crippen MR) is 174 cm³/mol. The molecule has 0 aliphatic carbocycles. The number of aromatic nitrogens is 1. The zero-order chi connectivity index (χ0) is 32.7. The zero-order valence-corrected chi connectivity index (χ0v) is 28.7. The second kappa shape index (κ2) is 18.6. The molecule has 0 atom stereocenters. The first kappa shape index (κ1) is 36.9. The Morgan fingerprint density at radius 2 is 1.22 bits per heavy atom. The number of fused-ring (bicyclic) bond motifs is 1. The summed E-state index contributed by atoms with van der Waals surface area (Å²) in [6.45, 7) is 8.48. The van der Waals surface area contributed by atoms with E-state index in [9.17, 15) is 13.5 Å². The molecule has 1 heterocycles. The third-order valence-electron chi connectivity index (χ3n) is 6.60. The molecule has 0 aliphatic heterocycles. The molecule has 0 bridgehead atoms. The Morgan fingerprint density at radius 3 is 1.71 bits per heavy atom. The van der Waals surface area contributed by atoms with E-state index in [1.807, 2.05) is 27.7 Å². The molecule has 250 valence electrons. The van der Waals surface area contributed by atoms with Gasteiger partial charge < -0.3 is 13.8 Å². The van der Waals surface area contributed by atoms with Gasteiger partial charge in [0, 0.05) is 11.6 Å². The van der Waals surface area contributed by atoms with Gasteiger partial charge in [0.05, 0.1) is 50.1 Å². The van der Waals surface area contributed by atoms with Crippen LogP contribution in [0.3, 0.4) is 0 Å². The third-order valence-corrected chi connectivity index (χ3v) is 9.42. The quantitative estimate of drug-likeness (QED) is 0.0757. The summed E-state index contributed by atoms with van der Waals surface area (Å²) in [4.78, 5) is 4.72. The van der Waals surface area contributed by atoms with Crippen LogP contribution in [-0.4, -0.2) is 38.5 Å². The second-order valence-corrected chi connectivity index (χ2v) is 13.5. The number of methoxy groups -OCH3 is 1. The lowest BCUT2D eigenvalue weighted by Crippen LogP contribution is -2.08. The molecule has 0 radical (unpaired) electrons. The van der Waals surface area contributed by atoms with Crippen molar-refractivity contribution in [3.63, 3.8) is 0 Å². The van der Waals surface area contributed by atoms with Gasteiger partial charge in [0.25, 0.3) is 0 Å². The second-order valence-electron chi connectivity index (χ2n) is 10.3. The molecule has 0 aliphatic rings. The lowest BCUT2D eigenvalue weighted by molar-refractivity contribution is 0.151. The first-order valence-corrected chi connectivity index (χ1v) is 18.6. The summed E-state index contributed by atoms with van der Waals surface area (Å²) in [6, 6.07) is 10.6. The molecule has 2 aromatic carbocycles. The molecule has 0 amide bonds. The third kappa shape index (κ3) is 11.1. The summed E-state index contributed by atoms with van der Waals surface area (Å²) >= 11 is 0. The van der Waals surface area contributed by atoms with Crippen molar-refractivity contribution in [2.24, 2.45) is 0 Å². The fourth-order valence-corrected chi connectivity index (χ4v) is 6.62. The predicted octanol–water partition coefficient (Wildman–Crippen LogP) is 10.3. The highest BCUT2D eigenvalue weighted by Gasteiger charge is 2.35. The van der Waals surface area contributed by atoms with Gasteiger partial charge in [-0.05, 0) is 49.9 Å². The normalized spacial score (nSPS) is 12.0. The summed E-state index contributed by atoms with van der Waals surface area (Å²) in [5.74, 6) is -0.340. The molecule has 3 aromatic rings. The van der Waals surface area contributed by atoms with Gasteiger partial charge in [-0.3, -0.25) is 18.1 Å². The van der Waals surface area contributed by atoms with Gasteiger partial charge >= 0.3 is 15.6 Å². The van der Waals surface area contributed by atoms with E-state index in [1.54, 1.807) is 24.3 Å². The average Bonchev–Trinajstić information content (AvgIpc) is 3.01. The Hall–Kier alpha value is -2.52. The van der Waals surface area contributed by atoms with E-state index in [1.165, 1.54) is 25.3 Å². The van der Waals surface area contributed by atoms with Gasteiger partial charge in [-0.1, -0.05) is 65.5 Å². The Balaban J connectivity index is 2.24. The van der Waals surface area contributed by atoms with Crippen LogP contribution < -0.4 is 13.8 Å². The van der Waals surface area contributed by atoms with Crippen LogP contribution in [0.1, 0.15) is 79.1 Å². The maximum absolute atomic E-state index is 14.2. The van der Waals surface area contributed by atoms with Crippen molar-refractivity contribution in [1.29, 1.82) is 0 Å². The van der Waals surface area contributed by atoms with Crippen molar-refractivity contribution in [2.75, 3.05) is 33.5 Å². The van der Waals surface area contributed by atoms with E-state index in [0.29, 0.717) is 42.5 Å². The molecule has 0 saturated heterocycles. The van der Waals surface area contributed by atoms with Crippen LogP contribution in [0.15, 0.2) is 42.5 Å². The van der Waals surface area contributed by atoms with E-state index >= 15 is 0 Å². The minimum Gasteiger partial charge on any atom is -0.493 e. The number of phosphoric acid groups is 2. The Labute approximate surface area is 266 Å². The molecule has 0 N–H and O–H groups in total. The molecule has 10 nitrogen and oxygen atoms in total. The highest BCUT2D eigenvalue weighted by Crippen LogP contribution is 2.57. The summed E-state index contributed by atoms with van der Waals surface area (Å²) in [5.41, 5.74) is 1.07. The fourth-order valence-electron chi connectivity index (χ4n) is 4.06. The number of rotatable bonds is 22. The van der Waals surface area contributed by atoms with Crippen LogP contribution >= 0.6 is 15.6 Å². The van der Waals surface area contributed by atoms with E-state index in [4.69, 9.17) is 36.9 Å². The first-order chi connectivity index (χ1) is 21.7. The van der Waals surface area contributed by atoms with Crippen LogP contribution in [0.5, 0.6) is 17.2 Å². The van der Waals surface area contributed by atoms with E-state index in [-0.39, 0.29) is 49.1 Å². The molecular formula is C32H46FNO9P2. The van der Waals surface area contributed by atoms with Crippen LogP contribution in [-0.2, 0) is 27.2 Å². The van der Waals surface area contributed by atoms with E-state index in [0.717, 1.165) is 25.7 Å². The van der Waals surface area contributed by atoms with Gasteiger partial charge in [-0.2, -0.15) is 0 Å². The average molecular weight is 670 g/mol. The molecule has 13 heteroatoms. The molecule has 0 saturated carbocycles. The minimum atomic E-state index is -4.19. The topological polar surface area (TPSA) is 112 Å². The van der Waals surface area contributed by atoms with Crippen LogP contribution in [0, 0.1) is 5.82 Å². The molecule has 0 spiro atoms. The van der Waals surface area contributed by atoms with Gasteiger partial charge in [0.2, 0.25) is 0 Å². The molecule has 0 unspecified atom stereocenters. The number of halogens is 1. The van der Waals surface area contributed by atoms with Crippen LogP contribution in [0.2, 0.25) is 0 Å². The Bertz CT molecular complexity index is 1430. The number of hydrogen-bond donors (Lipinski definition) is 0. The lowest BCUT2D eigenvalue weighted by atomic mass is 10.1. The highest BCUT2D eigenvalue weighted by molar-refractivity contribution is 7.49. The summed E-state index contributed by atoms with van der Waals surface area (Å²) in [5, 5.41) is 0.173. The van der Waals surface area contributed by atoms with E-state index < -0.39 is 21.5 Å². The summed E-state index contributed by atoms with van der Waals surface area (Å²) in [6.07, 6.45) is 5.76. The Kier molecular flexibility index (Phi) is 15.3. The molecule has 45 heavy (non-hydrogen) atoms. The van der Waals surface area contributed by atoms with Crippen molar-refractivity contribution < 1.29 is 45.4 Å². The van der Waals surface area contributed by atoms with Crippen LogP contribution in [0.4, 0.5) is 4.39 Å². The van der Waals surface area contributed by atoms with Crippen molar-refractivity contribution in [3.05, 3.63) is 48.3 Å². The minimum absolute atomic E-state index is 0.0156. The molecular weight excluding hydrogens is 623 g/mol. The number of ether oxygens (including phenoxy) is 1. The Morgan fingerprint density at radius 1 is 0.689 bits per heavy atom. The summed E-state index contributed by atoms with van der Waals surface area (Å²) < 4.78 is 82.9. The fraction of sp³-hybridized carbons (Fsp3) is 0.531. The number of hydrogen-bond acceptors (Lipinski definition) is 10. The SMILES string of the molecule is CCCCOP(=O)(OCCCC)Oc1cc(-c2cccc(F)c2)nc2ccc(OC)c(OP(=O)(OCCCC)OCCCC)c12. The van der Waals surface area contributed by atoms with Crippen molar-refractivity contribution in [2.45, 2.75) is 79.1 Å². The van der Waals surface area contributed by atoms with Crippen molar-refractivity contribution in [1.82, 2.24) is 4.98 Å². The highest BCUT2D eigenvalue weighted by atomic mass is 31.2. The monoisotopic (exact) mass is 669 g/mol. The molecule has 3 rings (SSSR count). The van der Waals surface area contributed by atoms with Gasteiger partial charge in [0.15, 0.2) is 11.5 Å². The number of benzene rings is 2. The summed E-state index contributed by atoms with van der Waals surface area (Å²) in [7, 11) is -6.95. The largest absolute Gasteiger partial charge is 0.530 e. The maximum atomic E-state index is 14.2. The van der Waals surface area contributed by atoms with Gasteiger partial charge in [-0.15, -0.1) is 0 Å². The van der Waals surface area contributed by atoms with Crippen molar-refractivity contribution in [3.8, 4) is 28.5 Å². The first-order valence-electron chi connectivity index (χ1n) is 15.7. The van der Waals surface area contributed by atoms with E-state index in [2.05, 4.69) is 0 Å². The molecule has 0 fully saturated rings. The smallest absolute Gasteiger partial charge is 0.493 e. The number of pyridine rings is 1. The number of unbranched alkanes of at least 4 members (excludes halogenated alkanes) is 4. The molecule has 1 aromatic heterocycles.